The van der Waals surface area contributed by atoms with Gasteiger partial charge >= 0.3 is 12.4 Å². The Morgan fingerprint density at radius 1 is 1.04 bits per heavy atom. The lowest BCUT2D eigenvalue weighted by Crippen LogP contribution is -2.67. The van der Waals surface area contributed by atoms with Crippen molar-refractivity contribution in [2.24, 2.45) is 0 Å². The number of aryl methyl sites for hydroxylation is 1. The molecular formula is C32H33F6N3O3S. The molecule has 5 rings (SSSR count). The molecule has 4 heterocycles. The zero-order valence-electron chi connectivity index (χ0n) is 24.8. The number of likely N-dealkylation sites (tertiary alicyclic amines) is 2. The number of pyridine rings is 1. The first-order chi connectivity index (χ1) is 21.3. The van der Waals surface area contributed by atoms with Crippen LogP contribution in [0.15, 0.2) is 54.2 Å². The minimum absolute atomic E-state index is 0.00559. The zero-order chi connectivity index (χ0) is 32.6. The van der Waals surface area contributed by atoms with Crippen LogP contribution < -0.4 is 4.74 Å². The van der Waals surface area contributed by atoms with Crippen LogP contribution >= 0.6 is 11.3 Å². The van der Waals surface area contributed by atoms with Gasteiger partial charge in [0.1, 0.15) is 5.75 Å². The molecular weight excluding hydrogens is 620 g/mol. The maximum atomic E-state index is 14.7. The van der Waals surface area contributed by atoms with Crippen LogP contribution in [0, 0.1) is 6.92 Å². The molecule has 3 atom stereocenters. The number of halogens is 6. The van der Waals surface area contributed by atoms with Gasteiger partial charge in [0.2, 0.25) is 5.60 Å². The third-order valence-electron chi connectivity index (χ3n) is 8.63. The number of rotatable bonds is 7. The van der Waals surface area contributed by atoms with Crippen molar-refractivity contribution in [1.82, 2.24) is 14.8 Å². The van der Waals surface area contributed by atoms with E-state index in [9.17, 15) is 35.9 Å². The van der Waals surface area contributed by atoms with Crippen LogP contribution in [-0.2, 0) is 17.1 Å². The second kappa shape index (κ2) is 12.6. The summed E-state index contributed by atoms with van der Waals surface area (Å²) in [5.41, 5.74) is -3.31. The predicted octanol–water partition coefficient (Wildman–Crippen LogP) is 7.73. The molecule has 2 aliphatic rings. The predicted molar refractivity (Wildman–Crippen MR) is 156 cm³/mol. The summed E-state index contributed by atoms with van der Waals surface area (Å²) in [7, 11) is 0. The van der Waals surface area contributed by atoms with Gasteiger partial charge in [-0.2, -0.15) is 26.3 Å². The van der Waals surface area contributed by atoms with E-state index in [1.165, 1.54) is 4.90 Å². The number of ether oxygens (including phenoxy) is 1. The van der Waals surface area contributed by atoms with Crippen molar-refractivity contribution in [3.05, 3.63) is 81.3 Å². The number of amides is 2. The highest BCUT2D eigenvalue weighted by molar-refractivity contribution is 7.10. The van der Waals surface area contributed by atoms with E-state index in [0.29, 0.717) is 25.9 Å². The topological polar surface area (TPSA) is 62.7 Å². The molecule has 0 aliphatic carbocycles. The average Bonchev–Trinajstić information content (AvgIpc) is 3.66. The second-order valence-electron chi connectivity index (χ2n) is 11.5. The fourth-order valence-corrected chi connectivity index (χ4v) is 7.58. The van der Waals surface area contributed by atoms with Crippen molar-refractivity contribution < 1.29 is 40.7 Å². The van der Waals surface area contributed by atoms with Gasteiger partial charge in [0.05, 0.1) is 22.7 Å². The minimum atomic E-state index is -4.82. The summed E-state index contributed by atoms with van der Waals surface area (Å²) in [6, 6.07) is 5.71. The number of piperidine rings is 1. The van der Waals surface area contributed by atoms with Crippen LogP contribution in [0.2, 0.25) is 0 Å². The standard InChI is InChI=1S/C32H33F6N3O3S/c1-3-5-26-30(44-23-8-6-22(7-9-23)31(33,34)35,29(43)40-16-11-21(19-40)27-20(2)12-17-45-27)13-4-15-41(26)28(42)24-18-39-14-10-25(24)32(36,37)38/h6-10,12,14,17-18,21,26H,3-5,11,13,15-16,19H2,1-2H3/t21?,26-,30+/m1/s1. The Morgan fingerprint density at radius 2 is 1.78 bits per heavy atom. The van der Waals surface area contributed by atoms with E-state index < -0.39 is 52.5 Å². The van der Waals surface area contributed by atoms with E-state index in [2.05, 4.69) is 4.98 Å². The quantitative estimate of drug-likeness (QED) is 0.245. The van der Waals surface area contributed by atoms with Crippen molar-refractivity contribution in [3.63, 3.8) is 0 Å². The Balaban J connectivity index is 1.56. The largest absolute Gasteiger partial charge is 0.475 e. The van der Waals surface area contributed by atoms with Crippen molar-refractivity contribution in [3.8, 4) is 5.75 Å². The molecule has 2 amide bonds. The molecule has 0 bridgehead atoms. The summed E-state index contributed by atoms with van der Waals surface area (Å²) >= 11 is 1.60. The first-order valence-corrected chi connectivity index (χ1v) is 15.7. The molecule has 45 heavy (non-hydrogen) atoms. The first-order valence-electron chi connectivity index (χ1n) is 14.8. The van der Waals surface area contributed by atoms with E-state index in [0.717, 1.165) is 53.2 Å². The number of thiophene rings is 1. The van der Waals surface area contributed by atoms with Crippen molar-refractivity contribution in [2.75, 3.05) is 19.6 Å². The molecule has 0 spiro atoms. The van der Waals surface area contributed by atoms with Crippen LogP contribution in [0.5, 0.6) is 5.75 Å². The maximum Gasteiger partial charge on any atom is 0.417 e. The lowest BCUT2D eigenvalue weighted by molar-refractivity contribution is -0.158. The van der Waals surface area contributed by atoms with Gasteiger partial charge in [-0.05, 0) is 73.5 Å². The van der Waals surface area contributed by atoms with Crippen LogP contribution in [0.25, 0.3) is 0 Å². The van der Waals surface area contributed by atoms with Crippen molar-refractivity contribution >= 4 is 23.2 Å². The third kappa shape index (κ3) is 6.54. The summed E-state index contributed by atoms with van der Waals surface area (Å²) in [6.45, 7) is 4.67. The summed E-state index contributed by atoms with van der Waals surface area (Å²) in [5, 5.41) is 1.99. The highest BCUT2D eigenvalue weighted by Crippen LogP contribution is 2.42. The monoisotopic (exact) mass is 653 g/mol. The Hall–Kier alpha value is -3.61. The first kappa shape index (κ1) is 32.8. The molecule has 2 aromatic heterocycles. The molecule has 1 unspecified atom stereocenters. The fraction of sp³-hybridized carbons (Fsp3) is 0.469. The van der Waals surface area contributed by atoms with Gasteiger partial charge in [0.25, 0.3) is 11.8 Å². The Labute approximate surface area is 261 Å². The number of carbonyl (C=O) groups excluding carboxylic acids is 2. The average molecular weight is 654 g/mol. The number of nitrogens with zero attached hydrogens (tertiary/aromatic N) is 3. The molecule has 2 fully saturated rings. The van der Waals surface area contributed by atoms with Crippen LogP contribution in [0.3, 0.4) is 0 Å². The highest BCUT2D eigenvalue weighted by atomic mass is 32.1. The zero-order valence-corrected chi connectivity index (χ0v) is 25.6. The molecule has 2 saturated heterocycles. The van der Waals surface area contributed by atoms with Crippen LogP contribution in [-0.4, -0.2) is 57.9 Å². The van der Waals surface area contributed by atoms with Gasteiger partial charge in [-0.1, -0.05) is 13.3 Å². The molecule has 3 aromatic rings. The lowest BCUT2D eigenvalue weighted by Gasteiger charge is -2.49. The summed E-state index contributed by atoms with van der Waals surface area (Å²) in [4.78, 5) is 36.4. The van der Waals surface area contributed by atoms with Crippen LogP contribution in [0.4, 0.5) is 26.3 Å². The minimum Gasteiger partial charge on any atom is -0.475 e. The van der Waals surface area contributed by atoms with Gasteiger partial charge in [0.15, 0.2) is 0 Å². The SMILES string of the molecule is CCC[C@H]1N(C(=O)c2cnccc2C(F)(F)F)CCC[C@@]1(Oc1ccc(C(F)(F)F)cc1)C(=O)N1CCC(c2sccc2C)C1. The van der Waals surface area contributed by atoms with E-state index in [1.54, 1.807) is 16.2 Å². The summed E-state index contributed by atoms with van der Waals surface area (Å²) in [5.74, 6) is -1.30. The molecule has 0 N–H and O–H groups in total. The van der Waals surface area contributed by atoms with Gasteiger partial charge < -0.3 is 14.5 Å². The molecule has 13 heteroatoms. The highest BCUT2D eigenvalue weighted by Gasteiger charge is 2.56. The number of alkyl halides is 6. The van der Waals surface area contributed by atoms with Crippen molar-refractivity contribution in [1.29, 1.82) is 0 Å². The molecule has 2 aliphatic heterocycles. The van der Waals surface area contributed by atoms with Gasteiger partial charge in [-0.3, -0.25) is 14.6 Å². The third-order valence-corrected chi connectivity index (χ3v) is 9.81. The normalized spacial score (nSPS) is 22.5. The summed E-state index contributed by atoms with van der Waals surface area (Å²) < 4.78 is 88.2. The van der Waals surface area contributed by atoms with Crippen LogP contribution in [0.1, 0.15) is 76.9 Å². The Kier molecular flexibility index (Phi) is 9.21. The summed E-state index contributed by atoms with van der Waals surface area (Å²) in [6.07, 6.45) is -5.88. The number of hydrogen-bond acceptors (Lipinski definition) is 5. The maximum absolute atomic E-state index is 14.7. The number of benzene rings is 1. The van der Waals surface area contributed by atoms with Gasteiger partial charge in [-0.25, -0.2) is 0 Å². The number of carbonyl (C=O) groups is 2. The van der Waals surface area contributed by atoms with Gasteiger partial charge in [0, 0.05) is 49.2 Å². The van der Waals surface area contributed by atoms with Crippen molar-refractivity contribution in [2.45, 2.75) is 75.9 Å². The Morgan fingerprint density at radius 3 is 2.40 bits per heavy atom. The molecule has 0 radical (unpaired) electrons. The van der Waals surface area contributed by atoms with Gasteiger partial charge in [-0.15, -0.1) is 11.3 Å². The van der Waals surface area contributed by atoms with E-state index >= 15 is 0 Å². The molecule has 1 aromatic carbocycles. The smallest absolute Gasteiger partial charge is 0.417 e. The second-order valence-corrected chi connectivity index (χ2v) is 12.5. The molecule has 6 nitrogen and oxygen atoms in total. The number of hydrogen-bond donors (Lipinski definition) is 0. The lowest BCUT2D eigenvalue weighted by atomic mass is 9.79. The fourth-order valence-electron chi connectivity index (χ4n) is 6.52. The molecule has 242 valence electrons. The van der Waals surface area contributed by atoms with E-state index in [1.807, 2.05) is 25.3 Å². The number of aromatic nitrogens is 1. The van der Waals surface area contributed by atoms with E-state index in [-0.39, 0.29) is 37.5 Å². The molecule has 0 saturated carbocycles. The van der Waals surface area contributed by atoms with E-state index in [4.69, 9.17) is 4.74 Å². The Bertz CT molecular complexity index is 1520.